The number of carbonyl (C=O) groups is 2. The first kappa shape index (κ1) is 15.6. The van der Waals surface area contributed by atoms with Gasteiger partial charge in [0.1, 0.15) is 13.2 Å². The van der Waals surface area contributed by atoms with E-state index in [9.17, 15) is 19.7 Å². The predicted molar refractivity (Wildman–Crippen MR) is 78.2 cm³/mol. The van der Waals surface area contributed by atoms with Crippen LogP contribution in [0.5, 0.6) is 0 Å². The molecule has 1 aromatic rings. The van der Waals surface area contributed by atoms with E-state index in [-0.39, 0.29) is 25.5 Å². The molecule has 0 bridgehead atoms. The number of imide groups is 1. The number of ether oxygens (including phenoxy) is 2. The lowest BCUT2D eigenvalue weighted by molar-refractivity contribution is -0.590. The summed E-state index contributed by atoms with van der Waals surface area (Å²) in [5.74, 6) is -2.82. The minimum absolute atomic E-state index is 0.142. The number of para-hydroxylation sites is 1. The molecule has 2 aliphatic rings. The molecule has 0 atom stereocenters. The van der Waals surface area contributed by atoms with Crippen molar-refractivity contribution in [3.63, 3.8) is 0 Å². The van der Waals surface area contributed by atoms with E-state index in [2.05, 4.69) is 0 Å². The average Bonchev–Trinajstić information content (AvgIpc) is 2.79. The molecule has 3 rings (SSSR count). The van der Waals surface area contributed by atoms with E-state index in [0.29, 0.717) is 11.3 Å². The van der Waals surface area contributed by atoms with Crippen LogP contribution in [0.2, 0.25) is 0 Å². The molecule has 1 saturated heterocycles. The molecule has 1 spiro atoms. The number of amides is 2. The van der Waals surface area contributed by atoms with Crippen LogP contribution < -0.4 is 4.90 Å². The molecule has 2 aliphatic heterocycles. The number of nitro groups is 1. The Bertz CT molecular complexity index is 693. The lowest BCUT2D eigenvalue weighted by atomic mass is 10.0. The minimum atomic E-state index is -1.78. The largest absolute Gasteiger partial charge is 0.331 e. The molecule has 0 saturated carbocycles. The van der Waals surface area contributed by atoms with Crippen LogP contribution in [-0.2, 0) is 24.8 Å². The van der Waals surface area contributed by atoms with Gasteiger partial charge in [0.15, 0.2) is 0 Å². The van der Waals surface area contributed by atoms with Crippen LogP contribution in [0, 0.1) is 10.1 Å². The summed E-state index contributed by atoms with van der Waals surface area (Å²) in [5.41, 5.74) is -0.630. The standard InChI is InChI=1S/C15H16N2O6/c1-3-12(18)16-11-7-5-4-6-10(11)15(13(16)19)22-8-14(2,9-23-15)17(20)21/h4-7H,3,8-9H2,1-2H3. The van der Waals surface area contributed by atoms with Gasteiger partial charge < -0.3 is 9.47 Å². The maximum atomic E-state index is 12.8. The topological polar surface area (TPSA) is 99.0 Å². The quantitative estimate of drug-likeness (QED) is 0.600. The SMILES string of the molecule is CCC(=O)N1C(=O)C2(OCC(C)([N+](=O)[O-])CO2)c2ccccc21. The van der Waals surface area contributed by atoms with Crippen molar-refractivity contribution in [1.29, 1.82) is 0 Å². The molecule has 0 N–H and O–H groups in total. The maximum Gasteiger partial charge on any atom is 0.299 e. The van der Waals surface area contributed by atoms with E-state index < -0.39 is 22.2 Å². The second-order valence-electron chi connectivity index (χ2n) is 5.85. The third-order valence-electron chi connectivity index (χ3n) is 4.15. The molecule has 0 radical (unpaired) electrons. The predicted octanol–water partition coefficient (Wildman–Crippen LogP) is 1.20. The lowest BCUT2D eigenvalue weighted by Gasteiger charge is -2.37. The van der Waals surface area contributed by atoms with E-state index in [0.717, 1.165) is 4.90 Å². The molecule has 1 fully saturated rings. The average molecular weight is 320 g/mol. The fourth-order valence-corrected chi connectivity index (χ4v) is 2.71. The van der Waals surface area contributed by atoms with Gasteiger partial charge in [-0.2, -0.15) is 0 Å². The van der Waals surface area contributed by atoms with Crippen LogP contribution in [0.4, 0.5) is 5.69 Å². The number of fused-ring (bicyclic) bond motifs is 2. The third kappa shape index (κ3) is 2.06. The summed E-state index contributed by atoms with van der Waals surface area (Å²) in [6.45, 7) is 2.47. The zero-order chi connectivity index (χ0) is 16.8. The molecule has 23 heavy (non-hydrogen) atoms. The fraction of sp³-hybridized carbons (Fsp3) is 0.467. The molecule has 1 aromatic carbocycles. The first-order chi connectivity index (χ1) is 10.9. The summed E-state index contributed by atoms with van der Waals surface area (Å²) < 4.78 is 11.1. The van der Waals surface area contributed by atoms with E-state index in [1.54, 1.807) is 31.2 Å². The Labute approximate surface area is 132 Å². The Morgan fingerprint density at radius 1 is 1.35 bits per heavy atom. The number of anilines is 1. The molecule has 122 valence electrons. The second-order valence-corrected chi connectivity index (χ2v) is 5.85. The van der Waals surface area contributed by atoms with E-state index in [1.165, 1.54) is 6.92 Å². The Hall–Kier alpha value is -2.32. The molecule has 8 nitrogen and oxygen atoms in total. The smallest absolute Gasteiger partial charge is 0.299 e. The number of rotatable bonds is 2. The van der Waals surface area contributed by atoms with Gasteiger partial charge in [-0.05, 0) is 6.07 Å². The summed E-state index contributed by atoms with van der Waals surface area (Å²) in [5, 5.41) is 11.1. The van der Waals surface area contributed by atoms with E-state index in [1.807, 2.05) is 0 Å². The molecule has 0 aliphatic carbocycles. The van der Waals surface area contributed by atoms with Crippen molar-refractivity contribution >= 4 is 17.5 Å². The molecule has 8 heteroatoms. The molecule has 0 unspecified atom stereocenters. The summed E-state index contributed by atoms with van der Waals surface area (Å²) >= 11 is 0. The van der Waals surface area contributed by atoms with Crippen molar-refractivity contribution in [2.45, 2.75) is 31.6 Å². The summed E-state index contributed by atoms with van der Waals surface area (Å²) in [6.07, 6.45) is 0.142. The highest BCUT2D eigenvalue weighted by molar-refractivity contribution is 6.21. The van der Waals surface area contributed by atoms with Gasteiger partial charge in [-0.15, -0.1) is 0 Å². The summed E-state index contributed by atoms with van der Waals surface area (Å²) in [7, 11) is 0. The summed E-state index contributed by atoms with van der Waals surface area (Å²) in [6, 6.07) is 6.65. The van der Waals surface area contributed by atoms with Gasteiger partial charge in [-0.1, -0.05) is 25.1 Å². The van der Waals surface area contributed by atoms with Crippen molar-refractivity contribution < 1.29 is 24.0 Å². The molecular weight excluding hydrogens is 304 g/mol. The van der Waals surface area contributed by atoms with Crippen molar-refractivity contribution in [3.05, 3.63) is 39.9 Å². The normalized spacial score (nSPS) is 29.7. The Kier molecular flexibility index (Phi) is 3.46. The van der Waals surface area contributed by atoms with Gasteiger partial charge in [-0.25, -0.2) is 4.90 Å². The highest BCUT2D eigenvalue weighted by Gasteiger charge is 2.61. The van der Waals surface area contributed by atoms with E-state index in [4.69, 9.17) is 9.47 Å². The van der Waals surface area contributed by atoms with Crippen molar-refractivity contribution in [3.8, 4) is 0 Å². The number of hydrogen-bond acceptors (Lipinski definition) is 6. The first-order valence-electron chi connectivity index (χ1n) is 7.25. The van der Waals surface area contributed by atoms with Crippen LogP contribution in [0.3, 0.4) is 0 Å². The Balaban J connectivity index is 2.03. The zero-order valence-electron chi connectivity index (χ0n) is 12.8. The van der Waals surface area contributed by atoms with Crippen LogP contribution in [0.1, 0.15) is 25.8 Å². The van der Waals surface area contributed by atoms with Gasteiger partial charge in [0.05, 0.1) is 5.69 Å². The first-order valence-corrected chi connectivity index (χ1v) is 7.25. The maximum absolute atomic E-state index is 12.8. The molecule has 0 aromatic heterocycles. The lowest BCUT2D eigenvalue weighted by Crippen LogP contribution is -2.58. The summed E-state index contributed by atoms with van der Waals surface area (Å²) in [4.78, 5) is 36.6. The monoisotopic (exact) mass is 320 g/mol. The van der Waals surface area contributed by atoms with Crippen molar-refractivity contribution in [2.24, 2.45) is 0 Å². The van der Waals surface area contributed by atoms with Gasteiger partial charge in [-0.3, -0.25) is 19.7 Å². The third-order valence-corrected chi connectivity index (χ3v) is 4.15. The molecule has 2 amide bonds. The van der Waals surface area contributed by atoms with Gasteiger partial charge in [0, 0.05) is 23.8 Å². The van der Waals surface area contributed by atoms with Gasteiger partial charge in [0.25, 0.3) is 17.2 Å². The number of nitrogens with zero attached hydrogens (tertiary/aromatic N) is 2. The molecule has 2 heterocycles. The molecular formula is C15H16N2O6. The van der Waals surface area contributed by atoms with Gasteiger partial charge >= 0.3 is 0 Å². The van der Waals surface area contributed by atoms with Crippen LogP contribution >= 0.6 is 0 Å². The van der Waals surface area contributed by atoms with Crippen LogP contribution in [-0.4, -0.2) is 35.5 Å². The van der Waals surface area contributed by atoms with Crippen molar-refractivity contribution in [2.75, 3.05) is 18.1 Å². The number of carbonyl (C=O) groups excluding carboxylic acids is 2. The van der Waals surface area contributed by atoms with Crippen LogP contribution in [0.25, 0.3) is 0 Å². The highest BCUT2D eigenvalue weighted by Crippen LogP contribution is 2.46. The fourth-order valence-electron chi connectivity index (χ4n) is 2.71. The van der Waals surface area contributed by atoms with Crippen LogP contribution in [0.15, 0.2) is 24.3 Å². The number of benzene rings is 1. The Morgan fingerprint density at radius 3 is 2.52 bits per heavy atom. The second kappa shape index (κ2) is 5.10. The number of hydrogen-bond donors (Lipinski definition) is 0. The minimum Gasteiger partial charge on any atom is -0.331 e. The van der Waals surface area contributed by atoms with Gasteiger partial charge in [0.2, 0.25) is 5.91 Å². The highest BCUT2D eigenvalue weighted by atomic mass is 16.7. The van der Waals surface area contributed by atoms with Crippen molar-refractivity contribution in [1.82, 2.24) is 0 Å². The van der Waals surface area contributed by atoms with E-state index >= 15 is 0 Å². The zero-order valence-corrected chi connectivity index (χ0v) is 12.8. The Morgan fingerprint density at radius 2 is 1.96 bits per heavy atom.